The third kappa shape index (κ3) is 2.29. The molecular weight excluding hydrogens is 348 g/mol. The van der Waals surface area contributed by atoms with E-state index in [1.54, 1.807) is 27.6 Å². The van der Waals surface area contributed by atoms with E-state index in [9.17, 15) is 0 Å². The Bertz CT molecular complexity index is 1010. The zero-order chi connectivity index (χ0) is 18.5. The second-order valence-corrected chi connectivity index (χ2v) is 6.71. The van der Waals surface area contributed by atoms with Gasteiger partial charge in [-0.2, -0.15) is 0 Å². The van der Waals surface area contributed by atoms with Crippen molar-refractivity contribution in [3.05, 3.63) is 47.7 Å². The molecule has 2 aliphatic heterocycles. The van der Waals surface area contributed by atoms with Crippen molar-refractivity contribution < 1.29 is 28.1 Å². The average Bonchev–Trinajstić information content (AvgIpc) is 3.20. The maximum atomic E-state index is 6.39. The molecule has 27 heavy (non-hydrogen) atoms. The summed E-state index contributed by atoms with van der Waals surface area (Å²) in [6, 6.07) is 9.72. The molecule has 0 unspecified atom stereocenters. The van der Waals surface area contributed by atoms with E-state index in [-0.39, 0.29) is 18.1 Å². The van der Waals surface area contributed by atoms with Crippen LogP contribution in [0, 0.1) is 0 Å². The molecule has 0 aliphatic carbocycles. The van der Waals surface area contributed by atoms with Gasteiger partial charge in [-0.15, -0.1) is 0 Å². The van der Waals surface area contributed by atoms with E-state index in [1.165, 1.54) is 0 Å². The van der Waals surface area contributed by atoms with E-state index in [2.05, 4.69) is 0 Å². The van der Waals surface area contributed by atoms with Gasteiger partial charge in [-0.1, -0.05) is 0 Å². The molecule has 2 aliphatic rings. The van der Waals surface area contributed by atoms with Gasteiger partial charge in [0.25, 0.3) is 0 Å². The Morgan fingerprint density at radius 1 is 0.963 bits per heavy atom. The van der Waals surface area contributed by atoms with Crippen molar-refractivity contribution in [3.8, 4) is 23.0 Å². The van der Waals surface area contributed by atoms with Crippen molar-refractivity contribution in [1.82, 2.24) is 0 Å². The Labute approximate surface area is 156 Å². The lowest BCUT2D eigenvalue weighted by Crippen LogP contribution is -2.42. The zero-order valence-electron chi connectivity index (χ0n) is 15.4. The number of benzene rings is 2. The highest BCUT2D eigenvalue weighted by Crippen LogP contribution is 2.53. The number of hydrogen-bond donors (Lipinski definition) is 0. The predicted octanol–water partition coefficient (Wildman–Crippen LogP) is 4.07. The molecular formula is C21H20O6. The normalized spacial score (nSPS) is 22.9. The predicted molar refractivity (Wildman–Crippen MR) is 98.2 cm³/mol. The molecule has 140 valence electrons. The van der Waals surface area contributed by atoms with Crippen LogP contribution < -0.4 is 18.9 Å². The molecule has 0 fully saturated rings. The fourth-order valence-corrected chi connectivity index (χ4v) is 4.21. The molecule has 6 nitrogen and oxygen atoms in total. The maximum absolute atomic E-state index is 6.39. The summed E-state index contributed by atoms with van der Waals surface area (Å²) in [5.74, 6) is 2.86. The fourth-order valence-electron chi connectivity index (χ4n) is 4.21. The van der Waals surface area contributed by atoms with Gasteiger partial charge in [-0.05, 0) is 24.3 Å². The van der Waals surface area contributed by atoms with Crippen LogP contribution in [0.1, 0.15) is 23.1 Å². The van der Waals surface area contributed by atoms with Crippen LogP contribution in [0.5, 0.6) is 23.0 Å². The quantitative estimate of drug-likeness (QED) is 0.694. The van der Waals surface area contributed by atoms with Gasteiger partial charge in [0.15, 0.2) is 11.5 Å². The molecule has 0 spiro atoms. The molecule has 0 amide bonds. The van der Waals surface area contributed by atoms with Crippen LogP contribution in [0.4, 0.5) is 0 Å². The smallest absolute Gasteiger partial charge is 0.164 e. The van der Waals surface area contributed by atoms with E-state index >= 15 is 0 Å². The van der Waals surface area contributed by atoms with Crippen molar-refractivity contribution in [2.45, 2.75) is 18.1 Å². The number of ether oxygens (including phenoxy) is 5. The molecule has 0 saturated heterocycles. The Morgan fingerprint density at radius 3 is 2.56 bits per heavy atom. The van der Waals surface area contributed by atoms with Crippen LogP contribution in [-0.4, -0.2) is 34.0 Å². The lowest BCUT2D eigenvalue weighted by molar-refractivity contribution is -0.0192. The number of fused-ring (bicyclic) bond motifs is 6. The highest BCUT2D eigenvalue weighted by atomic mass is 16.5. The Balaban J connectivity index is 1.68. The van der Waals surface area contributed by atoms with Gasteiger partial charge < -0.3 is 28.1 Å². The second kappa shape index (κ2) is 6.09. The highest BCUT2D eigenvalue weighted by Gasteiger charge is 2.45. The van der Waals surface area contributed by atoms with E-state index in [4.69, 9.17) is 28.1 Å². The molecule has 3 aromatic rings. The summed E-state index contributed by atoms with van der Waals surface area (Å²) >= 11 is 0. The largest absolute Gasteiger partial charge is 0.493 e. The highest BCUT2D eigenvalue weighted by molar-refractivity contribution is 5.86. The Kier molecular flexibility index (Phi) is 3.68. The molecule has 3 atom stereocenters. The molecule has 3 heterocycles. The standard InChI is InChI=1S/C21H20O6/c1-22-16-8-13-15(9-17(16)23-2)26-10-18-19(13)21(24-3)12-4-5-14-11(6-7-25-14)20(12)27-18/h4-9,18-19,21H,10H2,1-3H3/t18-,19-,21+/m0/s1. The van der Waals surface area contributed by atoms with E-state index < -0.39 is 0 Å². The average molecular weight is 368 g/mol. The lowest BCUT2D eigenvalue weighted by atomic mass is 9.80. The summed E-state index contributed by atoms with van der Waals surface area (Å²) in [6.07, 6.45) is 1.33. The van der Waals surface area contributed by atoms with Crippen LogP contribution in [0.15, 0.2) is 41.0 Å². The SMILES string of the molecule is COc1cc2c(cc1OC)[C@H]1[C@H](CO2)Oc2c(ccc3occc23)[C@H]1OC. The molecule has 2 aromatic carbocycles. The first kappa shape index (κ1) is 16.3. The van der Waals surface area contributed by atoms with Crippen LogP contribution in [-0.2, 0) is 4.74 Å². The van der Waals surface area contributed by atoms with Crippen LogP contribution in [0.25, 0.3) is 11.0 Å². The molecule has 0 saturated carbocycles. The first-order chi connectivity index (χ1) is 13.2. The molecule has 0 N–H and O–H groups in total. The Hall–Kier alpha value is -2.86. The number of methoxy groups -OCH3 is 3. The summed E-state index contributed by atoms with van der Waals surface area (Å²) < 4.78 is 34.8. The van der Waals surface area contributed by atoms with Gasteiger partial charge in [0.05, 0.1) is 37.9 Å². The molecule has 0 bridgehead atoms. The van der Waals surface area contributed by atoms with Gasteiger partial charge in [-0.25, -0.2) is 0 Å². The van der Waals surface area contributed by atoms with Gasteiger partial charge in [0.2, 0.25) is 0 Å². The van der Waals surface area contributed by atoms with Crippen LogP contribution in [0.2, 0.25) is 0 Å². The van der Waals surface area contributed by atoms with Gasteiger partial charge in [0, 0.05) is 24.3 Å². The summed E-state index contributed by atoms with van der Waals surface area (Å²) in [7, 11) is 4.97. The van der Waals surface area contributed by atoms with Crippen molar-refractivity contribution in [2.24, 2.45) is 0 Å². The number of furan rings is 1. The minimum Gasteiger partial charge on any atom is -0.493 e. The van der Waals surface area contributed by atoms with Crippen LogP contribution >= 0.6 is 0 Å². The van der Waals surface area contributed by atoms with Crippen LogP contribution in [0.3, 0.4) is 0 Å². The second-order valence-electron chi connectivity index (χ2n) is 6.71. The summed E-state index contributed by atoms with van der Waals surface area (Å²) in [5.41, 5.74) is 2.80. The minimum absolute atomic E-state index is 0.0181. The van der Waals surface area contributed by atoms with Crippen molar-refractivity contribution >= 4 is 11.0 Å². The summed E-state index contributed by atoms with van der Waals surface area (Å²) in [5, 5.41) is 0.950. The van der Waals surface area contributed by atoms with E-state index in [1.807, 2.05) is 30.3 Å². The van der Waals surface area contributed by atoms with Gasteiger partial charge >= 0.3 is 0 Å². The summed E-state index contributed by atoms with van der Waals surface area (Å²) in [6.45, 7) is 0.431. The maximum Gasteiger partial charge on any atom is 0.164 e. The monoisotopic (exact) mass is 368 g/mol. The fraction of sp³-hybridized carbons (Fsp3) is 0.333. The van der Waals surface area contributed by atoms with Crippen molar-refractivity contribution in [3.63, 3.8) is 0 Å². The molecule has 6 heteroatoms. The van der Waals surface area contributed by atoms with E-state index in [0.717, 1.165) is 33.6 Å². The zero-order valence-corrected chi connectivity index (χ0v) is 15.4. The first-order valence-corrected chi connectivity index (χ1v) is 8.83. The number of hydrogen-bond acceptors (Lipinski definition) is 6. The topological polar surface area (TPSA) is 59.3 Å². The van der Waals surface area contributed by atoms with Gasteiger partial charge in [-0.3, -0.25) is 0 Å². The molecule has 1 aromatic heterocycles. The lowest BCUT2D eigenvalue weighted by Gasteiger charge is -2.42. The molecule has 5 rings (SSSR count). The summed E-state index contributed by atoms with van der Waals surface area (Å²) in [4.78, 5) is 0. The van der Waals surface area contributed by atoms with Crippen molar-refractivity contribution in [1.29, 1.82) is 0 Å². The van der Waals surface area contributed by atoms with E-state index in [0.29, 0.717) is 18.1 Å². The van der Waals surface area contributed by atoms with Crippen molar-refractivity contribution in [2.75, 3.05) is 27.9 Å². The number of rotatable bonds is 3. The van der Waals surface area contributed by atoms with Gasteiger partial charge in [0.1, 0.15) is 29.8 Å². The first-order valence-electron chi connectivity index (χ1n) is 8.83. The molecule has 0 radical (unpaired) electrons. The third-order valence-corrected chi connectivity index (χ3v) is 5.45. The minimum atomic E-state index is -0.173. The Morgan fingerprint density at radius 2 is 1.78 bits per heavy atom. The third-order valence-electron chi connectivity index (χ3n) is 5.45.